The van der Waals surface area contributed by atoms with E-state index in [2.05, 4.69) is 6.92 Å². The van der Waals surface area contributed by atoms with E-state index >= 15 is 4.39 Å². The predicted octanol–water partition coefficient (Wildman–Crippen LogP) is 6.18. The van der Waals surface area contributed by atoms with Crippen LogP contribution in [0.1, 0.15) is 92.4 Å². The number of ether oxygens (including phenoxy) is 1. The third-order valence-electron chi connectivity index (χ3n) is 10.5. The summed E-state index contributed by atoms with van der Waals surface area (Å²) in [5, 5.41) is 11.7. The maximum atomic E-state index is 17.5. The van der Waals surface area contributed by atoms with Crippen molar-refractivity contribution in [3.05, 3.63) is 23.8 Å². The van der Waals surface area contributed by atoms with E-state index in [1.807, 2.05) is 20.8 Å². The van der Waals surface area contributed by atoms with Crippen LogP contribution in [0.2, 0.25) is 0 Å². The van der Waals surface area contributed by atoms with E-state index in [0.29, 0.717) is 25.7 Å². The molecule has 0 radical (unpaired) electrons. The maximum absolute atomic E-state index is 17.5. The first-order valence-corrected chi connectivity index (χ1v) is 15.7. The molecular formula is C31H45FO5S. The van der Waals surface area contributed by atoms with Gasteiger partial charge < -0.3 is 9.84 Å². The quantitative estimate of drug-likeness (QED) is 0.259. The number of aliphatic hydroxyl groups excluding tert-OH is 1. The van der Waals surface area contributed by atoms with Crippen molar-refractivity contribution in [3.8, 4) is 0 Å². The molecule has 4 aliphatic rings. The van der Waals surface area contributed by atoms with E-state index in [4.69, 9.17) is 4.74 Å². The molecule has 4 aliphatic carbocycles. The van der Waals surface area contributed by atoms with Crippen LogP contribution < -0.4 is 0 Å². The Hall–Kier alpha value is -1.47. The lowest BCUT2D eigenvalue weighted by Gasteiger charge is -2.62. The summed E-state index contributed by atoms with van der Waals surface area (Å²) in [5.41, 5.74) is -4.60. The zero-order valence-corrected chi connectivity index (χ0v) is 24.5. The summed E-state index contributed by atoms with van der Waals surface area (Å²) in [7, 11) is 0. The Labute approximate surface area is 231 Å². The van der Waals surface area contributed by atoms with Gasteiger partial charge in [-0.15, -0.1) is 0 Å². The molecule has 212 valence electrons. The molecule has 3 fully saturated rings. The first-order chi connectivity index (χ1) is 17.9. The Morgan fingerprint density at radius 2 is 1.89 bits per heavy atom. The van der Waals surface area contributed by atoms with Crippen LogP contribution in [0.15, 0.2) is 23.8 Å². The lowest BCUT2D eigenvalue weighted by Crippen LogP contribution is -2.70. The minimum absolute atomic E-state index is 0.0338. The van der Waals surface area contributed by atoms with Crippen LogP contribution in [-0.4, -0.2) is 51.5 Å². The third kappa shape index (κ3) is 4.25. The Morgan fingerprint density at radius 3 is 2.58 bits per heavy atom. The number of rotatable bonds is 10. The zero-order chi connectivity index (χ0) is 27.9. The topological polar surface area (TPSA) is 80.7 Å². The Kier molecular flexibility index (Phi) is 8.41. The average Bonchev–Trinajstić information content (AvgIpc) is 3.08. The van der Waals surface area contributed by atoms with Crippen LogP contribution in [0.5, 0.6) is 0 Å². The number of aliphatic hydroxyl groups is 1. The average molecular weight is 549 g/mol. The maximum Gasteiger partial charge on any atom is 0.306 e. The Bertz CT molecular complexity index is 1020. The van der Waals surface area contributed by atoms with Gasteiger partial charge in [0.05, 0.1) is 11.9 Å². The van der Waals surface area contributed by atoms with Gasteiger partial charge in [-0.05, 0) is 69.3 Å². The van der Waals surface area contributed by atoms with Gasteiger partial charge in [0, 0.05) is 29.1 Å². The van der Waals surface area contributed by atoms with Gasteiger partial charge in [0.25, 0.3) is 0 Å². The van der Waals surface area contributed by atoms with E-state index in [0.717, 1.165) is 30.6 Å². The van der Waals surface area contributed by atoms with Gasteiger partial charge in [-0.25, -0.2) is 4.39 Å². The first kappa shape index (κ1) is 29.5. The van der Waals surface area contributed by atoms with Crippen molar-refractivity contribution in [3.63, 3.8) is 0 Å². The lowest BCUT2D eigenvalue weighted by atomic mass is 9.44. The number of unbranched alkanes of at least 4 members (excludes halogenated alkanes) is 2. The van der Waals surface area contributed by atoms with Crippen LogP contribution in [0.4, 0.5) is 4.39 Å². The number of thioether (sulfide) groups is 1. The smallest absolute Gasteiger partial charge is 0.306 e. The summed E-state index contributed by atoms with van der Waals surface area (Å²) in [6.07, 6.45) is 8.70. The van der Waals surface area contributed by atoms with Gasteiger partial charge in [-0.1, -0.05) is 52.2 Å². The van der Waals surface area contributed by atoms with E-state index in [-0.39, 0.29) is 48.0 Å². The monoisotopic (exact) mass is 548 g/mol. The first-order valence-electron chi connectivity index (χ1n) is 14.6. The molecule has 0 saturated heterocycles. The number of esters is 1. The second kappa shape index (κ2) is 10.8. The predicted molar refractivity (Wildman–Crippen MR) is 148 cm³/mol. The number of hydrogen-bond acceptors (Lipinski definition) is 6. The molecule has 0 aliphatic heterocycles. The summed E-state index contributed by atoms with van der Waals surface area (Å²) in [5.74, 6) is -0.578. The van der Waals surface area contributed by atoms with E-state index < -0.39 is 34.1 Å². The molecule has 1 N–H and O–H groups in total. The molecule has 0 aromatic carbocycles. The van der Waals surface area contributed by atoms with Crippen LogP contribution >= 0.6 is 11.8 Å². The van der Waals surface area contributed by atoms with Crippen molar-refractivity contribution in [2.45, 2.75) is 110 Å². The molecule has 5 nitrogen and oxygen atoms in total. The molecule has 0 aromatic heterocycles. The van der Waals surface area contributed by atoms with Gasteiger partial charge in [0.15, 0.2) is 22.8 Å². The number of halogens is 1. The summed E-state index contributed by atoms with van der Waals surface area (Å²) in [6, 6.07) is 0. The molecule has 0 spiro atoms. The summed E-state index contributed by atoms with van der Waals surface area (Å²) >= 11 is 1.57. The van der Waals surface area contributed by atoms with Gasteiger partial charge in [0.2, 0.25) is 0 Å². The van der Waals surface area contributed by atoms with Gasteiger partial charge in [-0.3, -0.25) is 14.4 Å². The highest BCUT2D eigenvalue weighted by Gasteiger charge is 2.77. The molecular weight excluding hydrogens is 503 g/mol. The standard InChI is InChI=1S/C31H45FO5S/c1-6-8-10-27(36)37-31(26(35)19-38-15-9-7-2)20(3)16-24-23-12-11-21-17-22(33)13-14-28(21,4)30(23,32)25(34)18-29(24,31)5/h13-14,17,20,23-25,34H,6-12,15-16,18-19H2,1-5H3/t20-,23-,24-,25-,28-,29-,30-,31-/m0/s1. The van der Waals surface area contributed by atoms with Crippen molar-refractivity contribution in [1.29, 1.82) is 0 Å². The Balaban J connectivity index is 1.75. The number of Topliss-reactive ketones (excluding diaryl/α,β-unsaturated/α-hetero) is 1. The van der Waals surface area contributed by atoms with Crippen molar-refractivity contribution in [2.24, 2.45) is 28.6 Å². The summed E-state index contributed by atoms with van der Waals surface area (Å²) in [6.45, 7) is 9.84. The van der Waals surface area contributed by atoms with Crippen LogP contribution in [-0.2, 0) is 19.1 Å². The van der Waals surface area contributed by atoms with E-state index in [1.54, 1.807) is 24.8 Å². The Morgan fingerprint density at radius 1 is 1.18 bits per heavy atom. The van der Waals surface area contributed by atoms with Crippen molar-refractivity contribution in [1.82, 2.24) is 0 Å². The van der Waals surface area contributed by atoms with Crippen molar-refractivity contribution in [2.75, 3.05) is 11.5 Å². The largest absolute Gasteiger partial charge is 0.450 e. The van der Waals surface area contributed by atoms with Crippen molar-refractivity contribution >= 4 is 29.3 Å². The molecule has 0 unspecified atom stereocenters. The number of ketones is 2. The normalized spacial score (nSPS) is 41.7. The molecule has 8 atom stereocenters. The molecule has 3 saturated carbocycles. The minimum Gasteiger partial charge on any atom is -0.450 e. The molecule has 0 heterocycles. The number of carbonyl (C=O) groups is 3. The van der Waals surface area contributed by atoms with E-state index in [1.165, 1.54) is 12.2 Å². The van der Waals surface area contributed by atoms with E-state index in [9.17, 15) is 19.5 Å². The molecule has 4 rings (SSSR count). The minimum atomic E-state index is -1.97. The molecule has 38 heavy (non-hydrogen) atoms. The number of carbonyl (C=O) groups excluding carboxylic acids is 3. The highest BCUT2D eigenvalue weighted by Crippen LogP contribution is 2.71. The highest BCUT2D eigenvalue weighted by molar-refractivity contribution is 7.99. The SMILES string of the molecule is CCCCSCC(=O)[C@@]1(OC(=O)CCCC)[C@@H](C)C[C@H]2[C@@H]3CCC4=CC(=O)C=C[C@]4(C)[C@@]3(F)[C@@H](O)C[C@@]21C. The molecule has 0 bridgehead atoms. The third-order valence-corrected chi connectivity index (χ3v) is 11.5. The van der Waals surface area contributed by atoms with Crippen LogP contribution in [0.3, 0.4) is 0 Å². The van der Waals surface area contributed by atoms with Gasteiger partial charge in [-0.2, -0.15) is 11.8 Å². The second-order valence-electron chi connectivity index (χ2n) is 12.5. The summed E-state index contributed by atoms with van der Waals surface area (Å²) < 4.78 is 23.8. The number of allylic oxidation sites excluding steroid dienone is 4. The van der Waals surface area contributed by atoms with Crippen LogP contribution in [0, 0.1) is 28.6 Å². The van der Waals surface area contributed by atoms with Gasteiger partial charge in [0.1, 0.15) is 0 Å². The van der Waals surface area contributed by atoms with Crippen molar-refractivity contribution < 1.29 is 28.6 Å². The highest BCUT2D eigenvalue weighted by atomic mass is 32.2. The molecule has 0 aromatic rings. The lowest BCUT2D eigenvalue weighted by molar-refractivity contribution is -0.227. The fourth-order valence-corrected chi connectivity index (χ4v) is 9.51. The summed E-state index contributed by atoms with van der Waals surface area (Å²) in [4.78, 5) is 39.4. The fourth-order valence-electron chi connectivity index (χ4n) is 8.47. The molecule has 7 heteroatoms. The van der Waals surface area contributed by atoms with Gasteiger partial charge >= 0.3 is 5.97 Å². The van der Waals surface area contributed by atoms with Crippen LogP contribution in [0.25, 0.3) is 0 Å². The second-order valence-corrected chi connectivity index (χ2v) is 13.6. The number of fused-ring (bicyclic) bond motifs is 5. The zero-order valence-electron chi connectivity index (χ0n) is 23.7. The fraction of sp³-hybridized carbons (Fsp3) is 0.774. The molecule has 0 amide bonds. The number of hydrogen-bond donors (Lipinski definition) is 1. The number of alkyl halides is 1.